The Morgan fingerprint density at radius 3 is 2.36 bits per heavy atom. The molecular formula is C18H20ClNO2. The van der Waals surface area contributed by atoms with Gasteiger partial charge in [0.05, 0.1) is 13.5 Å². The summed E-state index contributed by atoms with van der Waals surface area (Å²) in [7, 11) is 1.58. The third kappa shape index (κ3) is 3.80. The summed E-state index contributed by atoms with van der Waals surface area (Å²) in [5.74, 6) is 0.576. The van der Waals surface area contributed by atoms with Crippen LogP contribution in [0.1, 0.15) is 22.3 Å². The van der Waals surface area contributed by atoms with E-state index in [1.54, 1.807) is 25.3 Å². The van der Waals surface area contributed by atoms with E-state index in [9.17, 15) is 4.79 Å². The van der Waals surface area contributed by atoms with Crippen LogP contribution in [0.5, 0.6) is 5.75 Å². The molecule has 0 aliphatic rings. The molecule has 0 fully saturated rings. The van der Waals surface area contributed by atoms with Crippen molar-refractivity contribution in [3.63, 3.8) is 0 Å². The molecule has 0 radical (unpaired) electrons. The van der Waals surface area contributed by atoms with E-state index in [0.29, 0.717) is 10.8 Å². The van der Waals surface area contributed by atoms with Crippen molar-refractivity contribution in [1.82, 2.24) is 0 Å². The van der Waals surface area contributed by atoms with E-state index < -0.39 is 0 Å². The van der Waals surface area contributed by atoms with Crippen LogP contribution < -0.4 is 10.1 Å². The van der Waals surface area contributed by atoms with E-state index in [2.05, 4.69) is 17.4 Å². The maximum Gasteiger partial charge on any atom is 0.228 e. The van der Waals surface area contributed by atoms with E-state index in [1.165, 1.54) is 5.56 Å². The van der Waals surface area contributed by atoms with Crippen LogP contribution in [0, 0.1) is 20.8 Å². The first-order chi connectivity index (χ1) is 10.4. The highest BCUT2D eigenvalue weighted by atomic mass is 35.5. The number of ether oxygens (including phenoxy) is 1. The van der Waals surface area contributed by atoms with Crippen LogP contribution in [0.4, 0.5) is 5.69 Å². The maximum absolute atomic E-state index is 12.3. The zero-order valence-corrected chi connectivity index (χ0v) is 14.0. The minimum atomic E-state index is -0.0874. The van der Waals surface area contributed by atoms with Gasteiger partial charge >= 0.3 is 0 Å². The van der Waals surface area contributed by atoms with Gasteiger partial charge in [-0.05, 0) is 50.1 Å². The summed E-state index contributed by atoms with van der Waals surface area (Å²) >= 11 is 6.00. The highest BCUT2D eigenvalue weighted by Crippen LogP contribution is 2.25. The Balaban J connectivity index is 2.19. The quantitative estimate of drug-likeness (QED) is 0.904. The minimum absolute atomic E-state index is 0.0874. The average molecular weight is 318 g/mol. The fourth-order valence-electron chi connectivity index (χ4n) is 2.62. The summed E-state index contributed by atoms with van der Waals surface area (Å²) in [5.41, 5.74) is 4.95. The number of carbonyl (C=O) groups excluding carboxylic acids is 1. The molecule has 0 saturated carbocycles. The van der Waals surface area contributed by atoms with Crippen LogP contribution in [0.3, 0.4) is 0 Å². The molecule has 2 rings (SSSR count). The maximum atomic E-state index is 12.3. The number of anilines is 1. The predicted molar refractivity (Wildman–Crippen MR) is 91.0 cm³/mol. The summed E-state index contributed by atoms with van der Waals surface area (Å²) in [6.45, 7) is 6.04. The Kier molecular flexibility index (Phi) is 5.09. The molecule has 0 unspecified atom stereocenters. The van der Waals surface area contributed by atoms with E-state index in [4.69, 9.17) is 16.3 Å². The van der Waals surface area contributed by atoms with Crippen LogP contribution in [0.25, 0.3) is 0 Å². The van der Waals surface area contributed by atoms with Crippen LogP contribution >= 0.6 is 11.6 Å². The number of rotatable bonds is 4. The first kappa shape index (κ1) is 16.4. The largest absolute Gasteiger partial charge is 0.496 e. The lowest BCUT2D eigenvalue weighted by atomic mass is 10.0. The van der Waals surface area contributed by atoms with Crippen molar-refractivity contribution < 1.29 is 9.53 Å². The fraction of sp³-hybridized carbons (Fsp3) is 0.278. The van der Waals surface area contributed by atoms with Gasteiger partial charge in [0, 0.05) is 16.3 Å². The lowest BCUT2D eigenvalue weighted by Crippen LogP contribution is -2.16. The van der Waals surface area contributed by atoms with Crippen molar-refractivity contribution >= 4 is 23.2 Å². The number of carbonyl (C=O) groups is 1. The summed E-state index contributed by atoms with van der Waals surface area (Å²) in [6.07, 6.45) is 0.219. The lowest BCUT2D eigenvalue weighted by molar-refractivity contribution is -0.115. The molecule has 3 nitrogen and oxygen atoms in total. The standard InChI is InChI=1S/C18H20ClNO2/c1-11-7-12(2)18(13(3)8-11)20-17(21)10-14-9-15(19)5-6-16(14)22-4/h5-9H,10H2,1-4H3,(H,20,21). The Bertz CT molecular complexity index is 687. The van der Waals surface area contributed by atoms with Crippen molar-refractivity contribution in [2.45, 2.75) is 27.2 Å². The van der Waals surface area contributed by atoms with Crippen molar-refractivity contribution in [1.29, 1.82) is 0 Å². The smallest absolute Gasteiger partial charge is 0.228 e. The zero-order chi connectivity index (χ0) is 16.3. The first-order valence-electron chi connectivity index (χ1n) is 7.11. The summed E-state index contributed by atoms with van der Waals surface area (Å²) in [4.78, 5) is 12.3. The molecule has 1 N–H and O–H groups in total. The van der Waals surface area contributed by atoms with Crippen LogP contribution in [-0.4, -0.2) is 13.0 Å². The summed E-state index contributed by atoms with van der Waals surface area (Å²) in [5, 5.41) is 3.58. The minimum Gasteiger partial charge on any atom is -0.496 e. The van der Waals surface area contributed by atoms with Crippen LogP contribution in [0.15, 0.2) is 30.3 Å². The van der Waals surface area contributed by atoms with E-state index in [0.717, 1.165) is 22.4 Å². The number of methoxy groups -OCH3 is 1. The highest BCUT2D eigenvalue weighted by Gasteiger charge is 2.12. The van der Waals surface area contributed by atoms with Crippen LogP contribution in [-0.2, 0) is 11.2 Å². The Labute approximate surface area is 136 Å². The van der Waals surface area contributed by atoms with Crippen molar-refractivity contribution in [2.75, 3.05) is 12.4 Å². The Morgan fingerprint density at radius 1 is 1.14 bits per heavy atom. The van der Waals surface area contributed by atoms with Gasteiger partial charge in [-0.25, -0.2) is 0 Å². The molecule has 0 atom stereocenters. The molecule has 0 aromatic heterocycles. The molecule has 0 aliphatic heterocycles. The van der Waals surface area contributed by atoms with Gasteiger partial charge in [0.2, 0.25) is 5.91 Å². The molecule has 2 aromatic rings. The average Bonchev–Trinajstić information content (AvgIpc) is 2.43. The number of nitrogens with one attached hydrogen (secondary N) is 1. The number of aryl methyl sites for hydroxylation is 3. The molecule has 0 bridgehead atoms. The number of hydrogen-bond acceptors (Lipinski definition) is 2. The third-order valence-electron chi connectivity index (χ3n) is 3.53. The summed E-state index contributed by atoms with van der Waals surface area (Å²) < 4.78 is 5.28. The number of amides is 1. The molecule has 1 amide bonds. The normalized spacial score (nSPS) is 10.4. The van der Waals surface area contributed by atoms with Gasteiger partial charge in [0.15, 0.2) is 0 Å². The number of halogens is 1. The third-order valence-corrected chi connectivity index (χ3v) is 3.77. The topological polar surface area (TPSA) is 38.3 Å². The monoisotopic (exact) mass is 317 g/mol. The zero-order valence-electron chi connectivity index (χ0n) is 13.3. The molecule has 0 heterocycles. The van der Waals surface area contributed by atoms with Gasteiger partial charge in [0.25, 0.3) is 0 Å². The van der Waals surface area contributed by atoms with Crippen molar-refractivity contribution in [3.8, 4) is 5.75 Å². The van der Waals surface area contributed by atoms with Crippen molar-refractivity contribution in [3.05, 3.63) is 57.6 Å². The molecule has 116 valence electrons. The van der Waals surface area contributed by atoms with Crippen LogP contribution in [0.2, 0.25) is 5.02 Å². The van der Waals surface area contributed by atoms with Gasteiger partial charge in [0.1, 0.15) is 5.75 Å². The molecular weight excluding hydrogens is 298 g/mol. The second-order valence-corrected chi connectivity index (χ2v) is 5.89. The van der Waals surface area contributed by atoms with E-state index in [-0.39, 0.29) is 12.3 Å². The second kappa shape index (κ2) is 6.84. The molecule has 22 heavy (non-hydrogen) atoms. The van der Waals surface area contributed by atoms with Gasteiger partial charge in [-0.2, -0.15) is 0 Å². The van der Waals surface area contributed by atoms with Crippen molar-refractivity contribution in [2.24, 2.45) is 0 Å². The molecule has 0 spiro atoms. The van der Waals surface area contributed by atoms with Gasteiger partial charge < -0.3 is 10.1 Å². The number of hydrogen-bond donors (Lipinski definition) is 1. The lowest BCUT2D eigenvalue weighted by Gasteiger charge is -2.14. The fourth-order valence-corrected chi connectivity index (χ4v) is 2.81. The van der Waals surface area contributed by atoms with Gasteiger partial charge in [-0.3, -0.25) is 4.79 Å². The first-order valence-corrected chi connectivity index (χ1v) is 7.48. The number of benzene rings is 2. The van der Waals surface area contributed by atoms with E-state index in [1.807, 2.05) is 20.8 Å². The highest BCUT2D eigenvalue weighted by molar-refractivity contribution is 6.30. The molecule has 0 saturated heterocycles. The van der Waals surface area contributed by atoms with Gasteiger partial charge in [-0.15, -0.1) is 0 Å². The SMILES string of the molecule is COc1ccc(Cl)cc1CC(=O)Nc1c(C)cc(C)cc1C. The Hall–Kier alpha value is -2.00. The van der Waals surface area contributed by atoms with E-state index >= 15 is 0 Å². The second-order valence-electron chi connectivity index (χ2n) is 5.45. The summed E-state index contributed by atoms with van der Waals surface area (Å²) in [6, 6.07) is 9.39. The molecule has 0 aliphatic carbocycles. The Morgan fingerprint density at radius 2 is 1.77 bits per heavy atom. The van der Waals surface area contributed by atoms with Gasteiger partial charge in [-0.1, -0.05) is 29.3 Å². The predicted octanol–water partition coefficient (Wildman–Crippen LogP) is 4.46. The molecule has 2 aromatic carbocycles. The molecule has 4 heteroatoms.